The summed E-state index contributed by atoms with van der Waals surface area (Å²) in [6.45, 7) is 1.30. The van der Waals surface area contributed by atoms with Gasteiger partial charge in [0.15, 0.2) is 0 Å². The summed E-state index contributed by atoms with van der Waals surface area (Å²) in [5, 5.41) is 3.66. The van der Waals surface area contributed by atoms with E-state index in [1.54, 1.807) is 24.4 Å². The summed E-state index contributed by atoms with van der Waals surface area (Å²) in [4.78, 5) is 25.2. The fourth-order valence-corrected chi connectivity index (χ4v) is 11.7. The van der Waals surface area contributed by atoms with Crippen molar-refractivity contribution in [1.82, 2.24) is 15.1 Å². The number of fused-ring (bicyclic) bond motifs is 9. The lowest BCUT2D eigenvalue weighted by Gasteiger charge is -2.38. The van der Waals surface area contributed by atoms with Crippen molar-refractivity contribution in [2.75, 3.05) is 19.6 Å². The molecule has 10 nitrogen and oxygen atoms in total. The number of nitrogens with zero attached hydrogens (tertiary/aromatic N) is 2. The smallest absolute Gasteiger partial charge is 0.472 e. The van der Waals surface area contributed by atoms with Crippen LogP contribution in [0.2, 0.25) is 0 Å². The molecule has 6 aliphatic rings. The SMILES string of the molecule is O=C(N1CCC[C@@H]2c3cc(-c4ccoc4)ccc3C[C@@H]21)C(F)(F)F.O=C(N1CCC[C@@H]2c3cc(OS(=O)(=O)C(F)(F)F)ccc3C[C@@H]21)C(F)(F)F.c1cc(-c2ccc3c(c2)[C@H]2CCCN[C@H]2C3)co1. The van der Waals surface area contributed by atoms with E-state index in [0.29, 0.717) is 36.4 Å². The molecule has 368 valence electrons. The van der Waals surface area contributed by atoms with Crippen molar-refractivity contribution in [2.45, 2.75) is 112 Å². The second kappa shape index (κ2) is 18.5. The number of hydrogen-bond acceptors (Lipinski definition) is 8. The van der Waals surface area contributed by atoms with Crippen LogP contribution in [0.15, 0.2) is 101 Å². The molecule has 3 aliphatic heterocycles. The molecular weight excluding hydrogens is 946 g/mol. The summed E-state index contributed by atoms with van der Waals surface area (Å²) in [6.07, 6.45) is 3.54. The van der Waals surface area contributed by atoms with Crippen molar-refractivity contribution < 1.29 is 70.5 Å². The molecule has 1 N–H and O–H groups in total. The second-order valence-corrected chi connectivity index (χ2v) is 19.8. The predicted octanol–water partition coefficient (Wildman–Crippen LogP) is 10.6. The summed E-state index contributed by atoms with van der Waals surface area (Å²) in [7, 11) is -5.85. The van der Waals surface area contributed by atoms with Crippen molar-refractivity contribution in [3.63, 3.8) is 0 Å². The first-order valence-corrected chi connectivity index (χ1v) is 24.0. The average Bonchev–Trinajstić information content (AvgIpc) is 4.17. The molecule has 0 saturated carbocycles. The number of piperidine rings is 3. The Morgan fingerprint density at radius 1 is 0.580 bits per heavy atom. The van der Waals surface area contributed by atoms with Gasteiger partial charge in [-0.25, -0.2) is 0 Å². The van der Waals surface area contributed by atoms with E-state index in [2.05, 4.69) is 27.7 Å². The van der Waals surface area contributed by atoms with Crippen molar-refractivity contribution in [1.29, 1.82) is 0 Å². The number of alkyl halides is 9. The largest absolute Gasteiger partial charge is 0.534 e. The Morgan fingerprint density at radius 3 is 1.52 bits per heavy atom. The van der Waals surface area contributed by atoms with E-state index < -0.39 is 57.5 Å². The molecule has 2 aromatic heterocycles. The first kappa shape index (κ1) is 48.3. The monoisotopic (exact) mass is 991 g/mol. The zero-order valence-electron chi connectivity index (χ0n) is 36.7. The minimum atomic E-state index is -5.85. The van der Waals surface area contributed by atoms with Gasteiger partial charge in [-0.05, 0) is 139 Å². The van der Waals surface area contributed by atoms with E-state index in [1.807, 2.05) is 36.6 Å². The maximum atomic E-state index is 12.9. The molecule has 11 rings (SSSR count). The normalized spacial score (nSPS) is 23.7. The molecule has 0 spiro atoms. The average molecular weight is 992 g/mol. The van der Waals surface area contributed by atoms with Gasteiger partial charge in [0, 0.05) is 54.2 Å². The minimum Gasteiger partial charge on any atom is -0.472 e. The van der Waals surface area contributed by atoms with Gasteiger partial charge < -0.3 is 28.1 Å². The summed E-state index contributed by atoms with van der Waals surface area (Å²) in [5.74, 6) is -4.07. The van der Waals surface area contributed by atoms with E-state index in [4.69, 9.17) is 8.83 Å². The van der Waals surface area contributed by atoms with Gasteiger partial charge in [-0.1, -0.05) is 42.5 Å². The number of hydrogen-bond donors (Lipinski definition) is 1. The molecule has 5 heterocycles. The van der Waals surface area contributed by atoms with Crippen molar-refractivity contribution in [3.8, 4) is 28.0 Å². The van der Waals surface area contributed by atoms with Crippen LogP contribution in [-0.4, -0.2) is 85.7 Å². The van der Waals surface area contributed by atoms with Gasteiger partial charge in [-0.15, -0.1) is 0 Å². The fourth-order valence-electron chi connectivity index (χ4n) is 11.2. The second-order valence-electron chi connectivity index (χ2n) is 18.2. The molecule has 3 aliphatic carbocycles. The molecular formula is C49H46F9N3O7S. The lowest BCUT2D eigenvalue weighted by atomic mass is 9.87. The number of benzene rings is 3. The van der Waals surface area contributed by atoms with Crippen LogP contribution in [0, 0.1) is 0 Å². The zero-order valence-corrected chi connectivity index (χ0v) is 37.5. The Bertz CT molecular complexity index is 2790. The van der Waals surface area contributed by atoms with E-state index in [-0.39, 0.29) is 37.9 Å². The van der Waals surface area contributed by atoms with E-state index in [0.717, 1.165) is 56.5 Å². The Balaban J connectivity index is 0.000000131. The number of nitrogens with one attached hydrogen (secondary N) is 1. The molecule has 3 aromatic carbocycles. The maximum absolute atomic E-state index is 12.9. The Hall–Kier alpha value is -5.76. The molecule has 3 fully saturated rings. The Labute approximate surface area is 390 Å². The number of likely N-dealkylation sites (tertiary alicyclic amines) is 2. The highest BCUT2D eigenvalue weighted by molar-refractivity contribution is 7.88. The van der Waals surface area contributed by atoms with Crippen LogP contribution in [-0.2, 0) is 39.0 Å². The highest BCUT2D eigenvalue weighted by Gasteiger charge is 2.52. The highest BCUT2D eigenvalue weighted by Crippen LogP contribution is 2.47. The number of rotatable bonds is 4. The lowest BCUT2D eigenvalue weighted by molar-refractivity contribution is -0.189. The lowest BCUT2D eigenvalue weighted by Crippen LogP contribution is -2.51. The summed E-state index contributed by atoms with van der Waals surface area (Å²) in [5.41, 5.74) is 4.95. The van der Waals surface area contributed by atoms with Crippen LogP contribution in [0.4, 0.5) is 39.5 Å². The van der Waals surface area contributed by atoms with Gasteiger partial charge >= 0.3 is 39.8 Å². The number of amides is 2. The van der Waals surface area contributed by atoms with Crippen LogP contribution in [0.3, 0.4) is 0 Å². The minimum absolute atomic E-state index is 0.0214. The molecule has 0 bridgehead atoms. The summed E-state index contributed by atoms with van der Waals surface area (Å²) >= 11 is 0. The Morgan fingerprint density at radius 2 is 1.04 bits per heavy atom. The molecule has 0 unspecified atom stereocenters. The molecule has 0 radical (unpaired) electrons. The van der Waals surface area contributed by atoms with Gasteiger partial charge in [0.25, 0.3) is 0 Å². The fraction of sp³-hybridized carbons (Fsp3) is 0.429. The first-order valence-electron chi connectivity index (χ1n) is 22.6. The first-order chi connectivity index (χ1) is 32.7. The highest BCUT2D eigenvalue weighted by atomic mass is 32.2. The molecule has 5 aromatic rings. The van der Waals surface area contributed by atoms with Crippen LogP contribution in [0.25, 0.3) is 22.3 Å². The van der Waals surface area contributed by atoms with Gasteiger partial charge in [-0.3, -0.25) is 9.59 Å². The predicted molar refractivity (Wildman–Crippen MR) is 232 cm³/mol. The van der Waals surface area contributed by atoms with Gasteiger partial charge in [0.2, 0.25) is 0 Å². The molecule has 2 amide bonds. The number of halogens is 9. The van der Waals surface area contributed by atoms with Crippen LogP contribution >= 0.6 is 0 Å². The van der Waals surface area contributed by atoms with Gasteiger partial charge in [0.1, 0.15) is 5.75 Å². The zero-order chi connectivity index (χ0) is 49.0. The molecule has 20 heteroatoms. The van der Waals surface area contributed by atoms with E-state index >= 15 is 0 Å². The van der Waals surface area contributed by atoms with Crippen LogP contribution in [0.5, 0.6) is 5.75 Å². The van der Waals surface area contributed by atoms with Crippen LogP contribution < -0.4 is 9.50 Å². The summed E-state index contributed by atoms with van der Waals surface area (Å²) in [6, 6.07) is 19.7. The number of carbonyl (C=O) groups is 2. The van der Waals surface area contributed by atoms with E-state index in [1.165, 1.54) is 48.6 Å². The Kier molecular flexibility index (Phi) is 13.0. The third-order valence-corrected chi connectivity index (χ3v) is 15.2. The number of furan rings is 2. The summed E-state index contributed by atoms with van der Waals surface area (Å²) < 4.78 is 151. The molecule has 3 saturated heterocycles. The van der Waals surface area contributed by atoms with Crippen molar-refractivity contribution in [3.05, 3.63) is 125 Å². The van der Waals surface area contributed by atoms with E-state index in [9.17, 15) is 57.5 Å². The maximum Gasteiger partial charge on any atom is 0.534 e. The van der Waals surface area contributed by atoms with Crippen LogP contribution in [0.1, 0.15) is 89.7 Å². The van der Waals surface area contributed by atoms with Gasteiger partial charge in [-0.2, -0.15) is 47.9 Å². The third-order valence-electron chi connectivity index (χ3n) is 14.3. The van der Waals surface area contributed by atoms with Crippen molar-refractivity contribution >= 4 is 21.9 Å². The molecule has 69 heavy (non-hydrogen) atoms. The number of carbonyl (C=O) groups excluding carboxylic acids is 2. The van der Waals surface area contributed by atoms with Crippen molar-refractivity contribution in [2.24, 2.45) is 0 Å². The quantitative estimate of drug-likeness (QED) is 0.107. The third kappa shape index (κ3) is 9.75. The topological polar surface area (TPSA) is 122 Å². The van der Waals surface area contributed by atoms with Gasteiger partial charge in [0.05, 0.1) is 25.1 Å². The molecule has 6 atom stereocenters. The standard InChI is InChI=1S/C18H16F3NO2.C16H17NO.C15H13F6NO4S/c19-18(20,21)17(23)22-6-1-2-14-15-8-11(13-5-7-24-10-13)3-4-12(15)9-16(14)22;1-2-14-15-8-11(13-5-7-18-10-13)3-4-12(15)9-16(14)17-6-1;16-14(17,18)13(23)22-5-1-2-10-11-7-9(4-3-8(11)6-12(10)22)26-27(24,25)15(19,20)21/h3-5,7-8,10,14,16H,1-2,6,9H2;3-5,7-8,10,14,16-17H,1-2,6,9H2;3-4,7,10,12H,1-2,5-6H2/t2*14-,16+;10-,12+/m111/s1.